The number of thiophene rings is 1. The van der Waals surface area contributed by atoms with Gasteiger partial charge in [0.2, 0.25) is 0 Å². The number of para-hydroxylation sites is 1. The third-order valence-electron chi connectivity index (χ3n) is 6.27. The zero-order valence-electron chi connectivity index (χ0n) is 19.8. The molecule has 2 aliphatic rings. The summed E-state index contributed by atoms with van der Waals surface area (Å²) in [6.45, 7) is 2.01. The molecule has 0 saturated heterocycles. The number of aryl methyl sites for hydroxylation is 1. The van der Waals surface area contributed by atoms with Gasteiger partial charge in [0, 0.05) is 0 Å². The maximum absolute atomic E-state index is 13.3. The monoisotopic (exact) mass is 638 g/mol. The van der Waals surface area contributed by atoms with E-state index in [0.29, 0.717) is 11.1 Å². The van der Waals surface area contributed by atoms with Gasteiger partial charge in [-0.05, 0) is 0 Å². The summed E-state index contributed by atoms with van der Waals surface area (Å²) in [7, 11) is 0. The van der Waals surface area contributed by atoms with Crippen molar-refractivity contribution in [3.8, 4) is 0 Å². The Labute approximate surface area is 230 Å². The number of ketones is 2. The van der Waals surface area contributed by atoms with Crippen molar-refractivity contribution in [3.63, 3.8) is 0 Å². The zero-order valence-corrected chi connectivity index (χ0v) is 23.8. The fraction of sp³-hybridized carbons (Fsp3) is 0.0345. The van der Waals surface area contributed by atoms with Gasteiger partial charge in [0.25, 0.3) is 0 Å². The number of halogens is 1. The van der Waals surface area contributed by atoms with Gasteiger partial charge in [-0.15, -0.1) is 0 Å². The van der Waals surface area contributed by atoms with Gasteiger partial charge in [-0.25, -0.2) is 0 Å². The van der Waals surface area contributed by atoms with Crippen LogP contribution < -0.4 is 13.8 Å². The number of carbonyl (C=O) groups is 2. The summed E-state index contributed by atoms with van der Waals surface area (Å²) in [4.78, 5) is 30.1. The van der Waals surface area contributed by atoms with E-state index < -0.39 is 0 Å². The molecule has 3 aromatic carbocycles. The second-order valence-corrected chi connectivity index (χ2v) is 14.8. The van der Waals surface area contributed by atoms with E-state index in [2.05, 4.69) is 29.2 Å². The van der Waals surface area contributed by atoms with Crippen LogP contribution in [0.1, 0.15) is 31.4 Å². The first-order chi connectivity index (χ1) is 17.9. The molecule has 1 aliphatic heterocycles. The first-order valence-electron chi connectivity index (χ1n) is 11.7. The summed E-state index contributed by atoms with van der Waals surface area (Å²) in [5.74, 6) is -0.680. The predicted molar refractivity (Wildman–Crippen MR) is 151 cm³/mol. The van der Waals surface area contributed by atoms with Crippen LogP contribution in [0.15, 0.2) is 78.4 Å². The van der Waals surface area contributed by atoms with Crippen LogP contribution in [0.2, 0.25) is 5.02 Å². The van der Waals surface area contributed by atoms with E-state index in [0.717, 1.165) is 40.4 Å². The van der Waals surface area contributed by atoms with Crippen molar-refractivity contribution in [2.45, 2.75) is 6.92 Å². The molecule has 7 rings (SSSR count). The SMILES string of the molecule is [2H]/C(=C1/C(=O)c2cc3cc(C)sc3cc2C1=O)c1ccc(N2c3ccccc3[Se]c3cc(Cl)ccc32)[se]1. The number of fused-ring (bicyclic) bond motifs is 4. The molecule has 36 heavy (non-hydrogen) atoms. The number of rotatable bonds is 2. The van der Waals surface area contributed by atoms with Crippen LogP contribution in [-0.2, 0) is 0 Å². The van der Waals surface area contributed by atoms with E-state index in [1.54, 1.807) is 17.4 Å². The molecule has 0 fully saturated rings. The summed E-state index contributed by atoms with van der Waals surface area (Å²) in [5, 5.41) is 1.68. The average molecular weight is 637 g/mol. The number of hydrogen-bond donors (Lipinski definition) is 0. The third-order valence-corrected chi connectivity index (χ3v) is 11.9. The van der Waals surface area contributed by atoms with Crippen molar-refractivity contribution in [1.82, 2.24) is 0 Å². The van der Waals surface area contributed by atoms with Gasteiger partial charge in [-0.2, -0.15) is 0 Å². The predicted octanol–water partition coefficient (Wildman–Crippen LogP) is 5.82. The number of hydrogen-bond acceptors (Lipinski definition) is 4. The molecule has 174 valence electrons. The van der Waals surface area contributed by atoms with Crippen LogP contribution in [0.5, 0.6) is 0 Å². The van der Waals surface area contributed by atoms with Crippen molar-refractivity contribution in [1.29, 1.82) is 0 Å². The number of anilines is 3. The molecule has 0 atom stereocenters. The topological polar surface area (TPSA) is 37.4 Å². The Morgan fingerprint density at radius 1 is 0.917 bits per heavy atom. The minimum absolute atomic E-state index is 0.0123. The van der Waals surface area contributed by atoms with Crippen LogP contribution in [0, 0.1) is 6.92 Å². The van der Waals surface area contributed by atoms with E-state index in [1.807, 2.05) is 49.4 Å². The number of benzene rings is 3. The summed E-state index contributed by atoms with van der Waals surface area (Å²) in [6.07, 6.45) is 0. The first-order valence-corrected chi connectivity index (χ1v) is 15.8. The number of allylic oxidation sites excluding steroid dienone is 1. The molecule has 0 N–H and O–H groups in total. The molecule has 5 aromatic rings. The van der Waals surface area contributed by atoms with Gasteiger partial charge in [-0.3, -0.25) is 0 Å². The Hall–Kier alpha value is -2.69. The van der Waals surface area contributed by atoms with E-state index in [-0.39, 0.29) is 52.7 Å². The quantitative estimate of drug-likeness (QED) is 0.137. The zero-order chi connectivity index (χ0) is 25.4. The first kappa shape index (κ1) is 21.4. The average Bonchev–Trinajstić information content (AvgIpc) is 3.57. The van der Waals surface area contributed by atoms with E-state index in [9.17, 15) is 9.59 Å². The summed E-state index contributed by atoms with van der Waals surface area (Å²) in [5.41, 5.74) is 3.04. The van der Waals surface area contributed by atoms with Crippen molar-refractivity contribution in [3.05, 3.63) is 104 Å². The van der Waals surface area contributed by atoms with Crippen LogP contribution >= 0.6 is 22.9 Å². The Kier molecular flexibility index (Phi) is 5.01. The summed E-state index contributed by atoms with van der Waals surface area (Å²) in [6, 6.07) is 24.0. The number of carbonyl (C=O) groups excluding carboxylic acids is 2. The molecule has 0 unspecified atom stereocenters. The van der Waals surface area contributed by atoms with Crippen molar-refractivity contribution in [2.24, 2.45) is 0 Å². The molecule has 0 radical (unpaired) electrons. The molecular weight excluding hydrogens is 620 g/mol. The van der Waals surface area contributed by atoms with Gasteiger partial charge in [0.1, 0.15) is 0 Å². The number of Topliss-reactive ketones (excluding diaryl/α,β-unsaturated/α-hetero) is 2. The minimum atomic E-state index is -0.341. The van der Waals surface area contributed by atoms with Crippen LogP contribution in [0.3, 0.4) is 0 Å². The van der Waals surface area contributed by atoms with Gasteiger partial charge in [0.05, 0.1) is 0 Å². The normalized spacial score (nSPS) is 16.2. The Morgan fingerprint density at radius 3 is 2.56 bits per heavy atom. The fourth-order valence-corrected chi connectivity index (χ4v) is 10.2. The maximum atomic E-state index is 13.3. The Bertz CT molecular complexity index is 1800. The summed E-state index contributed by atoms with van der Waals surface area (Å²) < 4.78 is 14.2. The molecule has 1 aliphatic carbocycles. The number of nitrogens with zero attached hydrogens (tertiary/aromatic N) is 1. The second kappa shape index (κ2) is 8.43. The second-order valence-electron chi connectivity index (χ2n) is 8.61. The standard InChI is InChI=1S/C29H16ClNO2SSe2/c1-15-10-16-11-19-20(14-24(16)34-15)29(33)21(28(19)32)13-18-7-9-27(35-18)31-22-4-2-3-5-25(22)36-26-12-17(30)6-8-23(26)31/h2-14H,1H3/b21-13+/i13D. The van der Waals surface area contributed by atoms with Crippen LogP contribution in [-0.4, -0.2) is 41.0 Å². The van der Waals surface area contributed by atoms with Gasteiger partial charge in [-0.1, -0.05) is 0 Å². The molecule has 3 heterocycles. The molecule has 3 nitrogen and oxygen atoms in total. The third kappa shape index (κ3) is 3.53. The fourth-order valence-electron chi connectivity index (χ4n) is 4.69. The van der Waals surface area contributed by atoms with Gasteiger partial charge < -0.3 is 0 Å². The van der Waals surface area contributed by atoms with Gasteiger partial charge >= 0.3 is 232 Å². The Balaban J connectivity index is 1.32. The van der Waals surface area contributed by atoms with Crippen LogP contribution in [0.4, 0.5) is 15.9 Å². The molecule has 0 saturated carbocycles. The summed E-state index contributed by atoms with van der Waals surface area (Å²) >= 11 is 7.81. The van der Waals surface area contributed by atoms with Crippen molar-refractivity contribution < 1.29 is 11.0 Å². The van der Waals surface area contributed by atoms with Crippen molar-refractivity contribution >= 4 is 105 Å². The molecule has 2 aromatic heterocycles. The molecular formula is C29H16ClNO2SSe2. The Morgan fingerprint density at radius 2 is 1.69 bits per heavy atom. The molecule has 0 amide bonds. The van der Waals surface area contributed by atoms with E-state index >= 15 is 0 Å². The molecule has 7 heteroatoms. The van der Waals surface area contributed by atoms with Crippen molar-refractivity contribution in [2.75, 3.05) is 4.90 Å². The van der Waals surface area contributed by atoms with Crippen LogP contribution in [0.25, 0.3) is 16.1 Å². The van der Waals surface area contributed by atoms with E-state index in [1.165, 1.54) is 8.92 Å². The van der Waals surface area contributed by atoms with E-state index in [4.69, 9.17) is 13.0 Å². The van der Waals surface area contributed by atoms with Gasteiger partial charge in [0.15, 0.2) is 0 Å². The molecule has 0 bridgehead atoms. The molecule has 0 spiro atoms.